The molecule has 4 rings (SSSR count). The fraction of sp³-hybridized carbons (Fsp3) is 0. The summed E-state index contributed by atoms with van der Waals surface area (Å²) < 4.78 is 55.5. The summed E-state index contributed by atoms with van der Waals surface area (Å²) in [6.45, 7) is 0. The Balaban J connectivity index is 1.49. The standard InChI is InChI=1S/C24H22N4O4S2/c25-19-5-9-21(10-6-19)27-33(29,30)23-13-1-17(2-14-23)18-3-15-24(16-4-18)34(31,32)28-22-11-7-20(26)8-12-22/h1-16,27-28H,25-26H2. The average molecular weight is 495 g/mol. The number of hydrogen-bond acceptors (Lipinski definition) is 6. The first-order valence-corrected chi connectivity index (χ1v) is 13.1. The van der Waals surface area contributed by atoms with E-state index in [2.05, 4.69) is 9.44 Å². The largest absolute Gasteiger partial charge is 0.399 e. The summed E-state index contributed by atoms with van der Waals surface area (Å²) in [6, 6.07) is 25.4. The lowest BCUT2D eigenvalue weighted by molar-refractivity contribution is 0.599. The minimum absolute atomic E-state index is 0.0972. The molecule has 4 aromatic carbocycles. The summed E-state index contributed by atoms with van der Waals surface area (Å²) in [5.41, 5.74) is 14.6. The number of benzene rings is 4. The van der Waals surface area contributed by atoms with Gasteiger partial charge in [0.25, 0.3) is 20.0 Å². The van der Waals surface area contributed by atoms with Gasteiger partial charge in [-0.2, -0.15) is 0 Å². The molecule has 0 amide bonds. The Hall–Kier alpha value is -4.02. The second-order valence-electron chi connectivity index (χ2n) is 7.50. The van der Waals surface area contributed by atoms with Gasteiger partial charge >= 0.3 is 0 Å². The van der Waals surface area contributed by atoms with Crippen LogP contribution < -0.4 is 20.9 Å². The van der Waals surface area contributed by atoms with Crippen molar-refractivity contribution in [1.82, 2.24) is 0 Å². The molecule has 0 saturated heterocycles. The molecule has 0 atom stereocenters. The van der Waals surface area contributed by atoms with Gasteiger partial charge in [-0.25, -0.2) is 16.8 Å². The molecule has 0 aromatic heterocycles. The molecule has 0 saturated carbocycles. The molecular weight excluding hydrogens is 472 g/mol. The fourth-order valence-corrected chi connectivity index (χ4v) is 5.30. The van der Waals surface area contributed by atoms with Crippen molar-refractivity contribution in [2.45, 2.75) is 9.79 Å². The van der Waals surface area contributed by atoms with Gasteiger partial charge in [-0.1, -0.05) is 24.3 Å². The lowest BCUT2D eigenvalue weighted by Crippen LogP contribution is -2.13. The topological polar surface area (TPSA) is 144 Å². The SMILES string of the molecule is Nc1ccc(NS(=O)(=O)c2ccc(-c3ccc(S(=O)(=O)Nc4ccc(N)cc4)cc3)cc2)cc1. The predicted molar refractivity (Wildman–Crippen MR) is 135 cm³/mol. The van der Waals surface area contributed by atoms with Crippen molar-refractivity contribution in [3.63, 3.8) is 0 Å². The zero-order chi connectivity index (χ0) is 24.3. The summed E-state index contributed by atoms with van der Waals surface area (Å²) in [5.74, 6) is 0. The Morgan fingerprint density at radius 2 is 0.735 bits per heavy atom. The van der Waals surface area contributed by atoms with E-state index in [1.807, 2.05) is 0 Å². The van der Waals surface area contributed by atoms with Crippen LogP contribution in [0.3, 0.4) is 0 Å². The normalized spacial score (nSPS) is 11.6. The Labute approximate surface area is 198 Å². The average Bonchev–Trinajstić information content (AvgIpc) is 2.82. The second kappa shape index (κ2) is 9.08. The van der Waals surface area contributed by atoms with Crippen molar-refractivity contribution in [3.8, 4) is 11.1 Å². The van der Waals surface area contributed by atoms with Gasteiger partial charge in [0.2, 0.25) is 0 Å². The summed E-state index contributed by atoms with van der Waals surface area (Å²) in [4.78, 5) is 0.194. The number of rotatable bonds is 7. The molecule has 6 N–H and O–H groups in total. The monoisotopic (exact) mass is 494 g/mol. The van der Waals surface area contributed by atoms with Crippen LogP contribution in [0, 0.1) is 0 Å². The summed E-state index contributed by atoms with van der Waals surface area (Å²) >= 11 is 0. The molecule has 0 radical (unpaired) electrons. The van der Waals surface area contributed by atoms with Gasteiger partial charge in [-0.05, 0) is 83.9 Å². The summed E-state index contributed by atoms with van der Waals surface area (Å²) in [7, 11) is -7.54. The highest BCUT2D eigenvalue weighted by Gasteiger charge is 2.16. The van der Waals surface area contributed by atoms with Crippen molar-refractivity contribution in [2.24, 2.45) is 0 Å². The van der Waals surface area contributed by atoms with Crippen LogP contribution in [0.4, 0.5) is 22.7 Å². The second-order valence-corrected chi connectivity index (χ2v) is 10.9. The molecule has 0 unspecified atom stereocenters. The van der Waals surface area contributed by atoms with Gasteiger partial charge in [0.15, 0.2) is 0 Å². The summed E-state index contributed by atoms with van der Waals surface area (Å²) in [6.07, 6.45) is 0. The van der Waals surface area contributed by atoms with Crippen molar-refractivity contribution in [3.05, 3.63) is 97.1 Å². The fourth-order valence-electron chi connectivity index (χ4n) is 3.18. The van der Waals surface area contributed by atoms with Gasteiger partial charge in [0, 0.05) is 22.7 Å². The van der Waals surface area contributed by atoms with Crippen LogP contribution in [0.15, 0.2) is 107 Å². The molecule has 0 spiro atoms. The maximum absolute atomic E-state index is 12.6. The third kappa shape index (κ3) is 5.30. The molecule has 0 aliphatic heterocycles. The van der Waals surface area contributed by atoms with Crippen molar-refractivity contribution in [1.29, 1.82) is 0 Å². The van der Waals surface area contributed by atoms with Gasteiger partial charge in [0.05, 0.1) is 9.79 Å². The molecule has 0 fully saturated rings. The first-order valence-electron chi connectivity index (χ1n) is 10.1. The minimum atomic E-state index is -3.77. The highest BCUT2D eigenvalue weighted by atomic mass is 32.2. The van der Waals surface area contributed by atoms with E-state index < -0.39 is 20.0 Å². The number of sulfonamides is 2. The first-order chi connectivity index (χ1) is 16.1. The number of nitrogens with one attached hydrogen (secondary N) is 2. The maximum atomic E-state index is 12.6. The van der Waals surface area contributed by atoms with E-state index in [9.17, 15) is 16.8 Å². The van der Waals surface area contributed by atoms with Crippen molar-refractivity contribution < 1.29 is 16.8 Å². The quantitative estimate of drug-likeness (QED) is 0.285. The molecule has 0 aliphatic rings. The number of nitrogens with two attached hydrogens (primary N) is 2. The highest BCUT2D eigenvalue weighted by molar-refractivity contribution is 7.93. The number of anilines is 4. The molecule has 0 aliphatic carbocycles. The summed E-state index contributed by atoms with van der Waals surface area (Å²) in [5, 5.41) is 0. The number of hydrogen-bond donors (Lipinski definition) is 4. The highest BCUT2D eigenvalue weighted by Crippen LogP contribution is 2.25. The van der Waals surface area contributed by atoms with Gasteiger partial charge in [0.1, 0.15) is 0 Å². The number of nitrogen functional groups attached to an aromatic ring is 2. The Kier molecular flexibility index (Phi) is 6.18. The van der Waals surface area contributed by atoms with Crippen molar-refractivity contribution in [2.75, 3.05) is 20.9 Å². The van der Waals surface area contributed by atoms with Crippen LogP contribution in [-0.2, 0) is 20.0 Å². The molecule has 10 heteroatoms. The van der Waals surface area contributed by atoms with E-state index in [1.54, 1.807) is 72.8 Å². The van der Waals surface area contributed by atoms with Crippen LogP contribution in [-0.4, -0.2) is 16.8 Å². The maximum Gasteiger partial charge on any atom is 0.261 e. The first kappa shape index (κ1) is 23.1. The van der Waals surface area contributed by atoms with Crippen LogP contribution in [0.1, 0.15) is 0 Å². The Bertz CT molecular complexity index is 1380. The van der Waals surface area contributed by atoms with E-state index in [1.165, 1.54) is 24.3 Å². The van der Waals surface area contributed by atoms with E-state index in [0.29, 0.717) is 22.7 Å². The third-order valence-electron chi connectivity index (χ3n) is 4.99. The zero-order valence-electron chi connectivity index (χ0n) is 17.8. The van der Waals surface area contributed by atoms with E-state index in [4.69, 9.17) is 11.5 Å². The van der Waals surface area contributed by atoms with Crippen LogP contribution in [0.5, 0.6) is 0 Å². The van der Waals surface area contributed by atoms with Crippen LogP contribution in [0.2, 0.25) is 0 Å². The smallest absolute Gasteiger partial charge is 0.261 e. The van der Waals surface area contributed by atoms with Gasteiger partial charge in [-0.15, -0.1) is 0 Å². The third-order valence-corrected chi connectivity index (χ3v) is 7.78. The van der Waals surface area contributed by atoms with E-state index in [0.717, 1.165) is 11.1 Å². The van der Waals surface area contributed by atoms with Crippen LogP contribution >= 0.6 is 0 Å². The molecule has 8 nitrogen and oxygen atoms in total. The minimum Gasteiger partial charge on any atom is -0.399 e. The molecule has 0 heterocycles. The zero-order valence-corrected chi connectivity index (χ0v) is 19.5. The lowest BCUT2D eigenvalue weighted by atomic mass is 10.1. The molecular formula is C24H22N4O4S2. The van der Waals surface area contributed by atoms with Crippen molar-refractivity contribution >= 4 is 42.8 Å². The predicted octanol–water partition coefficient (Wildman–Crippen LogP) is 4.12. The van der Waals surface area contributed by atoms with E-state index >= 15 is 0 Å². The van der Waals surface area contributed by atoms with Gasteiger partial charge < -0.3 is 11.5 Å². The van der Waals surface area contributed by atoms with Gasteiger partial charge in [-0.3, -0.25) is 9.44 Å². The molecule has 0 bridgehead atoms. The molecule has 174 valence electrons. The molecule has 34 heavy (non-hydrogen) atoms. The van der Waals surface area contributed by atoms with E-state index in [-0.39, 0.29) is 9.79 Å². The Morgan fingerprint density at radius 3 is 1.03 bits per heavy atom. The van der Waals surface area contributed by atoms with Crippen LogP contribution in [0.25, 0.3) is 11.1 Å². The molecule has 4 aromatic rings. The Morgan fingerprint density at radius 1 is 0.441 bits per heavy atom. The lowest BCUT2D eigenvalue weighted by Gasteiger charge is -2.10.